The number of amides is 2. The summed E-state index contributed by atoms with van der Waals surface area (Å²) in [6.07, 6.45) is 3.13. The van der Waals surface area contributed by atoms with Gasteiger partial charge >= 0.3 is 0 Å². The number of carbonyl (C=O) groups is 2. The molecule has 2 aromatic carbocycles. The third kappa shape index (κ3) is 5.10. The van der Waals surface area contributed by atoms with Crippen molar-refractivity contribution in [2.45, 2.75) is 6.54 Å². The molecule has 2 rings (SSSR count). The van der Waals surface area contributed by atoms with Gasteiger partial charge in [-0.3, -0.25) is 9.59 Å². The molecule has 0 saturated carbocycles. The second kappa shape index (κ2) is 8.54. The van der Waals surface area contributed by atoms with Crippen molar-refractivity contribution in [3.8, 4) is 11.5 Å². The first kappa shape index (κ1) is 18.1. The molecule has 0 aliphatic carbocycles. The number of hydrogen-bond acceptors (Lipinski definition) is 4. The fourth-order valence-electron chi connectivity index (χ4n) is 2.16. The topological polar surface area (TPSA) is 90.6 Å². The lowest BCUT2D eigenvalue weighted by Crippen LogP contribution is -2.20. The number of primary amides is 1. The Kier molecular flexibility index (Phi) is 6.17. The predicted molar refractivity (Wildman–Crippen MR) is 95.4 cm³/mol. The summed E-state index contributed by atoms with van der Waals surface area (Å²) in [5, 5.41) is 2.77. The molecule has 0 spiro atoms. The molecule has 2 amide bonds. The van der Waals surface area contributed by atoms with Gasteiger partial charge in [-0.05, 0) is 41.5 Å². The summed E-state index contributed by atoms with van der Waals surface area (Å²) in [4.78, 5) is 22.9. The van der Waals surface area contributed by atoms with E-state index in [0.29, 0.717) is 23.6 Å². The molecule has 2 aromatic rings. The van der Waals surface area contributed by atoms with E-state index in [2.05, 4.69) is 5.32 Å². The quantitative estimate of drug-likeness (QED) is 0.756. The zero-order valence-electron chi connectivity index (χ0n) is 14.1. The third-order valence-corrected chi connectivity index (χ3v) is 3.54. The summed E-state index contributed by atoms with van der Waals surface area (Å²) in [6.45, 7) is 0.355. The molecule has 0 fully saturated rings. The Bertz CT molecular complexity index is 783. The molecule has 0 heterocycles. The van der Waals surface area contributed by atoms with Gasteiger partial charge in [0.1, 0.15) is 0 Å². The maximum absolute atomic E-state index is 11.9. The van der Waals surface area contributed by atoms with Crippen molar-refractivity contribution in [3.63, 3.8) is 0 Å². The van der Waals surface area contributed by atoms with E-state index in [1.54, 1.807) is 56.7 Å². The van der Waals surface area contributed by atoms with Crippen LogP contribution in [0.2, 0.25) is 0 Å². The van der Waals surface area contributed by atoms with Crippen molar-refractivity contribution in [2.24, 2.45) is 5.73 Å². The van der Waals surface area contributed by atoms with Crippen LogP contribution in [0.4, 0.5) is 0 Å². The molecule has 0 aliphatic heterocycles. The number of ether oxygens (including phenoxy) is 2. The molecule has 6 nitrogen and oxygen atoms in total. The van der Waals surface area contributed by atoms with E-state index < -0.39 is 5.91 Å². The first-order valence-corrected chi connectivity index (χ1v) is 7.60. The lowest BCUT2D eigenvalue weighted by atomic mass is 10.1. The maximum atomic E-state index is 11.9. The minimum absolute atomic E-state index is 0.228. The summed E-state index contributed by atoms with van der Waals surface area (Å²) in [7, 11) is 3.12. The molecule has 6 heteroatoms. The van der Waals surface area contributed by atoms with Gasteiger partial charge in [0.25, 0.3) is 0 Å². The summed E-state index contributed by atoms with van der Waals surface area (Å²) >= 11 is 0. The second-order valence-corrected chi connectivity index (χ2v) is 5.23. The van der Waals surface area contributed by atoms with E-state index in [1.165, 1.54) is 6.08 Å². The van der Waals surface area contributed by atoms with Crippen LogP contribution in [0, 0.1) is 0 Å². The zero-order valence-corrected chi connectivity index (χ0v) is 14.1. The average molecular weight is 340 g/mol. The largest absolute Gasteiger partial charge is 0.493 e. The van der Waals surface area contributed by atoms with Gasteiger partial charge in [0.2, 0.25) is 11.8 Å². The van der Waals surface area contributed by atoms with E-state index in [-0.39, 0.29) is 5.91 Å². The van der Waals surface area contributed by atoms with Crippen LogP contribution in [0.25, 0.3) is 6.08 Å². The average Bonchev–Trinajstić information content (AvgIpc) is 2.64. The molecule has 130 valence electrons. The fraction of sp³-hybridized carbons (Fsp3) is 0.158. The van der Waals surface area contributed by atoms with E-state index in [0.717, 1.165) is 11.1 Å². The van der Waals surface area contributed by atoms with Gasteiger partial charge in [0, 0.05) is 18.2 Å². The van der Waals surface area contributed by atoms with Gasteiger partial charge in [-0.15, -0.1) is 0 Å². The van der Waals surface area contributed by atoms with Gasteiger partial charge < -0.3 is 20.5 Å². The highest BCUT2D eigenvalue weighted by Gasteiger charge is 2.04. The number of hydrogen-bond donors (Lipinski definition) is 2. The Morgan fingerprint density at radius 1 is 1.04 bits per heavy atom. The number of rotatable bonds is 7. The monoisotopic (exact) mass is 340 g/mol. The zero-order chi connectivity index (χ0) is 18.2. The third-order valence-electron chi connectivity index (χ3n) is 3.54. The van der Waals surface area contributed by atoms with Crippen LogP contribution < -0.4 is 20.5 Å². The summed E-state index contributed by atoms with van der Waals surface area (Å²) in [5.41, 5.74) is 7.31. The predicted octanol–water partition coefficient (Wildman–Crippen LogP) is 2.13. The molecular weight excluding hydrogens is 320 g/mol. The number of methoxy groups -OCH3 is 2. The Labute approximate surface area is 146 Å². The lowest BCUT2D eigenvalue weighted by molar-refractivity contribution is -0.116. The van der Waals surface area contributed by atoms with Crippen molar-refractivity contribution in [1.82, 2.24) is 5.32 Å². The molecular formula is C19H20N2O4. The maximum Gasteiger partial charge on any atom is 0.248 e. The number of carbonyl (C=O) groups excluding carboxylic acids is 2. The number of nitrogens with one attached hydrogen (secondary N) is 1. The minimum atomic E-state index is -0.478. The highest BCUT2D eigenvalue weighted by Crippen LogP contribution is 2.27. The van der Waals surface area contributed by atoms with E-state index in [4.69, 9.17) is 15.2 Å². The normalized spacial score (nSPS) is 10.5. The Morgan fingerprint density at radius 3 is 2.32 bits per heavy atom. The number of nitrogens with two attached hydrogens (primary N) is 1. The lowest BCUT2D eigenvalue weighted by Gasteiger charge is -2.07. The highest BCUT2D eigenvalue weighted by molar-refractivity contribution is 5.93. The number of benzene rings is 2. The molecule has 3 N–H and O–H groups in total. The van der Waals surface area contributed by atoms with Crippen LogP contribution in [0.15, 0.2) is 48.5 Å². The van der Waals surface area contributed by atoms with Gasteiger partial charge in [0.05, 0.1) is 14.2 Å². The second-order valence-electron chi connectivity index (χ2n) is 5.23. The Balaban J connectivity index is 1.93. The summed E-state index contributed by atoms with van der Waals surface area (Å²) in [5.74, 6) is 0.519. The van der Waals surface area contributed by atoms with E-state index in [1.807, 2.05) is 6.07 Å². The fourth-order valence-corrected chi connectivity index (χ4v) is 2.16. The van der Waals surface area contributed by atoms with Crippen molar-refractivity contribution < 1.29 is 19.1 Å². The van der Waals surface area contributed by atoms with Gasteiger partial charge in [-0.2, -0.15) is 0 Å². The van der Waals surface area contributed by atoms with Crippen molar-refractivity contribution in [1.29, 1.82) is 0 Å². The van der Waals surface area contributed by atoms with Crippen molar-refractivity contribution in [3.05, 3.63) is 65.2 Å². The molecule has 0 aliphatic rings. The van der Waals surface area contributed by atoms with Crippen LogP contribution >= 0.6 is 0 Å². The first-order valence-electron chi connectivity index (χ1n) is 7.60. The molecule has 0 aromatic heterocycles. The summed E-state index contributed by atoms with van der Waals surface area (Å²) < 4.78 is 10.4. The first-order chi connectivity index (χ1) is 12.0. The molecule has 0 saturated heterocycles. The van der Waals surface area contributed by atoms with E-state index >= 15 is 0 Å². The van der Waals surface area contributed by atoms with Gasteiger partial charge in [-0.25, -0.2) is 0 Å². The standard InChI is InChI=1S/C19H20N2O4/c1-24-16-9-5-13(11-17(16)25-2)6-10-18(22)21-12-14-3-7-15(8-4-14)19(20)23/h3-11H,12H2,1-2H3,(H2,20,23)(H,21,22)/b10-6+. The highest BCUT2D eigenvalue weighted by atomic mass is 16.5. The smallest absolute Gasteiger partial charge is 0.248 e. The van der Waals surface area contributed by atoms with Crippen LogP contribution in [0.5, 0.6) is 11.5 Å². The molecule has 0 radical (unpaired) electrons. The van der Waals surface area contributed by atoms with Crippen LogP contribution in [-0.2, 0) is 11.3 Å². The Morgan fingerprint density at radius 2 is 1.72 bits per heavy atom. The Hall–Kier alpha value is -3.28. The molecule has 0 bridgehead atoms. The molecule has 0 unspecified atom stereocenters. The van der Waals surface area contributed by atoms with Crippen molar-refractivity contribution >= 4 is 17.9 Å². The van der Waals surface area contributed by atoms with Crippen LogP contribution in [-0.4, -0.2) is 26.0 Å². The van der Waals surface area contributed by atoms with Crippen molar-refractivity contribution in [2.75, 3.05) is 14.2 Å². The van der Waals surface area contributed by atoms with Crippen LogP contribution in [0.3, 0.4) is 0 Å². The van der Waals surface area contributed by atoms with E-state index in [9.17, 15) is 9.59 Å². The van der Waals surface area contributed by atoms with Gasteiger partial charge in [0.15, 0.2) is 11.5 Å². The minimum Gasteiger partial charge on any atom is -0.493 e. The summed E-state index contributed by atoms with van der Waals surface area (Å²) in [6, 6.07) is 12.1. The molecule has 0 atom stereocenters. The van der Waals surface area contributed by atoms with Gasteiger partial charge in [-0.1, -0.05) is 18.2 Å². The molecule has 25 heavy (non-hydrogen) atoms. The van der Waals surface area contributed by atoms with Crippen LogP contribution in [0.1, 0.15) is 21.5 Å². The SMILES string of the molecule is COc1ccc(/C=C/C(=O)NCc2ccc(C(N)=O)cc2)cc1OC.